The zero-order valence-corrected chi connectivity index (χ0v) is 11.1. The molecule has 0 aromatic carbocycles. The number of carbonyl (C=O) groups is 1. The number of nitrogens with zero attached hydrogens (tertiary/aromatic N) is 1. The van der Waals surface area contributed by atoms with E-state index in [-0.39, 0.29) is 18.1 Å². The van der Waals surface area contributed by atoms with E-state index in [1.807, 2.05) is 0 Å². The lowest BCUT2D eigenvalue weighted by Gasteiger charge is -2.31. The first-order valence-corrected chi connectivity index (χ1v) is 8.05. The molecule has 5 nitrogen and oxygen atoms in total. The third kappa shape index (κ3) is 6.63. The molecule has 1 rings (SSSR count). The van der Waals surface area contributed by atoms with Crippen LogP contribution in [0.2, 0.25) is 0 Å². The zero-order chi connectivity index (χ0) is 12.9. The maximum atomic E-state index is 11.0. The summed E-state index contributed by atoms with van der Waals surface area (Å²) in [6.45, 7) is 2.50. The van der Waals surface area contributed by atoms with Crippen LogP contribution < -0.4 is 0 Å². The number of carboxylic acids is 1. The smallest absolute Gasteiger partial charge is 0.303 e. The van der Waals surface area contributed by atoms with Crippen molar-refractivity contribution in [3.63, 3.8) is 0 Å². The van der Waals surface area contributed by atoms with Gasteiger partial charge in [-0.05, 0) is 38.3 Å². The van der Waals surface area contributed by atoms with Crippen molar-refractivity contribution in [3.8, 4) is 0 Å². The highest BCUT2D eigenvalue weighted by Crippen LogP contribution is 2.19. The first kappa shape index (κ1) is 14.4. The van der Waals surface area contributed by atoms with Gasteiger partial charge in [0.2, 0.25) is 0 Å². The molecule has 1 unspecified atom stereocenters. The fraction of sp³-hybridized carbons (Fsp3) is 0.909. The van der Waals surface area contributed by atoms with Crippen molar-refractivity contribution in [2.75, 3.05) is 31.6 Å². The summed E-state index contributed by atoms with van der Waals surface area (Å²) in [4.78, 5) is 12.8. The van der Waals surface area contributed by atoms with Gasteiger partial charge < -0.3 is 10.0 Å². The standard InChI is InChI=1S/C11H21NO4S/c1-17(15,16)7-3-6-12-5-2-4-10(9-12)8-11(13)14/h10H,2-9H2,1H3,(H,13,14). The number of likely N-dealkylation sites (tertiary alicyclic amines) is 1. The van der Waals surface area contributed by atoms with Crippen LogP contribution in [0, 0.1) is 5.92 Å². The van der Waals surface area contributed by atoms with E-state index in [1.165, 1.54) is 6.26 Å². The molecule has 1 N–H and O–H groups in total. The molecule has 1 atom stereocenters. The lowest BCUT2D eigenvalue weighted by Crippen LogP contribution is -2.37. The molecular formula is C11H21NO4S. The molecule has 6 heteroatoms. The predicted molar refractivity (Wildman–Crippen MR) is 65.7 cm³/mol. The summed E-state index contributed by atoms with van der Waals surface area (Å²) in [7, 11) is -2.88. The van der Waals surface area contributed by atoms with Gasteiger partial charge in [-0.2, -0.15) is 0 Å². The van der Waals surface area contributed by atoms with Crippen molar-refractivity contribution in [2.45, 2.75) is 25.7 Å². The van der Waals surface area contributed by atoms with E-state index in [9.17, 15) is 13.2 Å². The Morgan fingerprint density at radius 1 is 1.47 bits per heavy atom. The van der Waals surface area contributed by atoms with Gasteiger partial charge in [0.15, 0.2) is 0 Å². The third-order valence-electron chi connectivity index (χ3n) is 3.06. The van der Waals surface area contributed by atoms with Crippen LogP contribution in [0.1, 0.15) is 25.7 Å². The van der Waals surface area contributed by atoms with Gasteiger partial charge in [-0.25, -0.2) is 8.42 Å². The number of sulfone groups is 1. The fourth-order valence-electron chi connectivity index (χ4n) is 2.32. The van der Waals surface area contributed by atoms with Crippen LogP contribution in [0.25, 0.3) is 0 Å². The molecule has 100 valence electrons. The van der Waals surface area contributed by atoms with Crippen molar-refractivity contribution < 1.29 is 18.3 Å². The molecular weight excluding hydrogens is 242 g/mol. The number of aliphatic carboxylic acids is 1. The Kier molecular flexibility index (Phi) is 5.39. The Morgan fingerprint density at radius 3 is 2.76 bits per heavy atom. The van der Waals surface area contributed by atoms with Crippen molar-refractivity contribution in [1.82, 2.24) is 4.90 Å². The van der Waals surface area contributed by atoms with Crippen molar-refractivity contribution in [2.24, 2.45) is 5.92 Å². The summed E-state index contributed by atoms with van der Waals surface area (Å²) in [6, 6.07) is 0. The summed E-state index contributed by atoms with van der Waals surface area (Å²) >= 11 is 0. The Balaban J connectivity index is 2.27. The van der Waals surface area contributed by atoms with Gasteiger partial charge in [0.25, 0.3) is 0 Å². The average molecular weight is 263 g/mol. The number of piperidine rings is 1. The Labute approximate surface area is 103 Å². The second kappa shape index (κ2) is 6.35. The normalized spacial score (nSPS) is 22.5. The van der Waals surface area contributed by atoms with E-state index in [0.29, 0.717) is 6.42 Å². The van der Waals surface area contributed by atoms with Crippen molar-refractivity contribution in [1.29, 1.82) is 0 Å². The second-order valence-corrected chi connectivity index (χ2v) is 7.15. The molecule has 1 fully saturated rings. The van der Waals surface area contributed by atoms with Gasteiger partial charge in [-0.1, -0.05) is 0 Å². The quantitative estimate of drug-likeness (QED) is 0.760. The molecule has 0 aliphatic carbocycles. The van der Waals surface area contributed by atoms with Gasteiger partial charge in [-0.15, -0.1) is 0 Å². The highest BCUT2D eigenvalue weighted by molar-refractivity contribution is 7.90. The maximum absolute atomic E-state index is 11.0. The zero-order valence-electron chi connectivity index (χ0n) is 10.3. The fourth-order valence-corrected chi connectivity index (χ4v) is 2.97. The number of hydrogen-bond donors (Lipinski definition) is 1. The Hall–Kier alpha value is -0.620. The maximum Gasteiger partial charge on any atom is 0.303 e. The second-order valence-electron chi connectivity index (χ2n) is 4.89. The van der Waals surface area contributed by atoms with Crippen molar-refractivity contribution >= 4 is 15.8 Å². The highest BCUT2D eigenvalue weighted by Gasteiger charge is 2.21. The summed E-state index contributed by atoms with van der Waals surface area (Å²) in [5.41, 5.74) is 0. The average Bonchev–Trinajstić information content (AvgIpc) is 2.15. The van der Waals surface area contributed by atoms with E-state index in [1.54, 1.807) is 0 Å². The molecule has 0 spiro atoms. The van der Waals surface area contributed by atoms with Crippen LogP contribution in [0.5, 0.6) is 0 Å². The first-order valence-electron chi connectivity index (χ1n) is 5.98. The van der Waals surface area contributed by atoms with E-state index in [0.717, 1.165) is 32.5 Å². The minimum absolute atomic E-state index is 0.215. The number of hydrogen-bond acceptors (Lipinski definition) is 4. The van der Waals surface area contributed by atoms with Gasteiger partial charge in [0.05, 0.1) is 5.75 Å². The topological polar surface area (TPSA) is 74.7 Å². The summed E-state index contributed by atoms with van der Waals surface area (Å²) in [5, 5.41) is 8.74. The van der Waals surface area contributed by atoms with Crippen LogP contribution in [0.3, 0.4) is 0 Å². The minimum Gasteiger partial charge on any atom is -0.481 e. The SMILES string of the molecule is CS(=O)(=O)CCCN1CCCC(CC(=O)O)C1. The van der Waals surface area contributed by atoms with Crippen LogP contribution in [-0.4, -0.2) is 56.0 Å². The van der Waals surface area contributed by atoms with Gasteiger partial charge in [0, 0.05) is 19.2 Å². The molecule has 0 amide bonds. The van der Waals surface area contributed by atoms with Gasteiger partial charge >= 0.3 is 5.97 Å². The molecule has 17 heavy (non-hydrogen) atoms. The van der Waals surface area contributed by atoms with Crippen LogP contribution in [0.4, 0.5) is 0 Å². The highest BCUT2D eigenvalue weighted by atomic mass is 32.2. The number of carboxylic acid groups (broad SMARTS) is 1. The molecule has 0 saturated carbocycles. The molecule has 0 aromatic heterocycles. The lowest BCUT2D eigenvalue weighted by molar-refractivity contribution is -0.138. The largest absolute Gasteiger partial charge is 0.481 e. The van der Waals surface area contributed by atoms with Crippen LogP contribution in [0.15, 0.2) is 0 Å². The molecule has 1 aliphatic rings. The van der Waals surface area contributed by atoms with Gasteiger partial charge in [0.1, 0.15) is 9.84 Å². The Morgan fingerprint density at radius 2 is 2.18 bits per heavy atom. The summed E-state index contributed by atoms with van der Waals surface area (Å²) in [5.74, 6) is -0.305. The number of rotatable bonds is 6. The van der Waals surface area contributed by atoms with Gasteiger partial charge in [-0.3, -0.25) is 4.79 Å². The van der Waals surface area contributed by atoms with Crippen molar-refractivity contribution in [3.05, 3.63) is 0 Å². The first-order chi connectivity index (χ1) is 7.87. The molecule has 0 aromatic rings. The van der Waals surface area contributed by atoms with E-state index >= 15 is 0 Å². The third-order valence-corrected chi connectivity index (χ3v) is 4.09. The van der Waals surface area contributed by atoms with E-state index in [4.69, 9.17) is 5.11 Å². The lowest BCUT2D eigenvalue weighted by atomic mass is 9.95. The molecule has 0 bridgehead atoms. The molecule has 1 heterocycles. The summed E-state index contributed by atoms with van der Waals surface area (Å²) in [6.07, 6.45) is 4.09. The van der Waals surface area contributed by atoms with Crippen LogP contribution in [-0.2, 0) is 14.6 Å². The predicted octanol–water partition coefficient (Wildman–Crippen LogP) is 0.608. The van der Waals surface area contributed by atoms with E-state index in [2.05, 4.69) is 4.90 Å². The van der Waals surface area contributed by atoms with Crippen LogP contribution >= 0.6 is 0 Å². The molecule has 0 radical (unpaired) electrons. The monoisotopic (exact) mass is 263 g/mol. The summed E-state index contributed by atoms with van der Waals surface area (Å²) < 4.78 is 22.0. The molecule has 1 saturated heterocycles. The van der Waals surface area contributed by atoms with E-state index < -0.39 is 15.8 Å². The minimum atomic E-state index is -2.88. The molecule has 1 aliphatic heterocycles. The Bertz CT molecular complexity index is 352.